The number of aromatic nitrogens is 2. The van der Waals surface area contributed by atoms with Crippen LogP contribution in [0.4, 0.5) is 0 Å². The average Bonchev–Trinajstić information content (AvgIpc) is 3.17. The number of nitrogens with zero attached hydrogens (tertiary/aromatic N) is 2. The van der Waals surface area contributed by atoms with E-state index in [-0.39, 0.29) is 5.97 Å². The van der Waals surface area contributed by atoms with Gasteiger partial charge in [0.2, 0.25) is 0 Å². The fourth-order valence-corrected chi connectivity index (χ4v) is 3.03. The maximum Gasteiger partial charge on any atom is 0.341 e. The maximum atomic E-state index is 12.3. The molecule has 0 aliphatic heterocycles. The number of benzene rings is 1. The molecule has 0 radical (unpaired) electrons. The second kappa shape index (κ2) is 6.34. The van der Waals surface area contributed by atoms with Gasteiger partial charge in [-0.25, -0.2) is 4.79 Å². The lowest BCUT2D eigenvalue weighted by molar-refractivity contribution is 0.0527. The molecular formula is C18H22N2O2. The molecule has 4 heteroatoms. The minimum atomic E-state index is -0.290. The fourth-order valence-electron chi connectivity index (χ4n) is 3.03. The normalized spacial score (nSPS) is 15.2. The molecule has 1 aromatic carbocycles. The van der Waals surface area contributed by atoms with Crippen molar-refractivity contribution in [3.05, 3.63) is 41.6 Å². The molecule has 1 aromatic heterocycles. The molecule has 4 nitrogen and oxygen atoms in total. The quantitative estimate of drug-likeness (QED) is 0.796. The highest BCUT2D eigenvalue weighted by Gasteiger charge is 2.24. The third kappa shape index (κ3) is 2.91. The van der Waals surface area contributed by atoms with Crippen LogP contribution >= 0.6 is 0 Å². The summed E-state index contributed by atoms with van der Waals surface area (Å²) in [4.78, 5) is 12.3. The fraction of sp³-hybridized carbons (Fsp3) is 0.444. The van der Waals surface area contributed by atoms with Gasteiger partial charge >= 0.3 is 5.97 Å². The van der Waals surface area contributed by atoms with Gasteiger partial charge in [0.05, 0.1) is 12.6 Å². The molecule has 22 heavy (non-hydrogen) atoms. The lowest BCUT2D eigenvalue weighted by Gasteiger charge is -2.08. The highest BCUT2D eigenvalue weighted by molar-refractivity contribution is 5.96. The zero-order chi connectivity index (χ0) is 15.5. The van der Waals surface area contributed by atoms with Gasteiger partial charge in [0.15, 0.2) is 0 Å². The zero-order valence-electron chi connectivity index (χ0n) is 13.2. The van der Waals surface area contributed by atoms with Gasteiger partial charge in [0, 0.05) is 11.8 Å². The molecule has 1 aliphatic rings. The Morgan fingerprint density at radius 3 is 2.59 bits per heavy atom. The number of hydrogen-bond acceptors (Lipinski definition) is 3. The van der Waals surface area contributed by atoms with Crippen LogP contribution in [0.1, 0.15) is 54.6 Å². The summed E-state index contributed by atoms with van der Waals surface area (Å²) < 4.78 is 7.16. The van der Waals surface area contributed by atoms with Crippen LogP contribution < -0.4 is 0 Å². The van der Waals surface area contributed by atoms with Crippen LogP contribution in [0.25, 0.3) is 11.3 Å². The minimum Gasteiger partial charge on any atom is -0.462 e. The average molecular weight is 298 g/mol. The summed E-state index contributed by atoms with van der Waals surface area (Å²) in [5.74, 6) is -0.290. The zero-order valence-corrected chi connectivity index (χ0v) is 13.2. The van der Waals surface area contributed by atoms with E-state index in [2.05, 4.69) is 0 Å². The van der Waals surface area contributed by atoms with E-state index in [0.717, 1.165) is 24.1 Å². The molecule has 0 bridgehead atoms. The van der Waals surface area contributed by atoms with Crippen LogP contribution in [0.3, 0.4) is 0 Å². The predicted molar refractivity (Wildman–Crippen MR) is 85.9 cm³/mol. The van der Waals surface area contributed by atoms with Gasteiger partial charge in [-0.15, -0.1) is 0 Å². The highest BCUT2D eigenvalue weighted by Crippen LogP contribution is 2.32. The number of esters is 1. The molecule has 1 heterocycles. The summed E-state index contributed by atoms with van der Waals surface area (Å²) in [5.41, 5.74) is 3.45. The monoisotopic (exact) mass is 298 g/mol. The van der Waals surface area contributed by atoms with Crippen molar-refractivity contribution >= 4 is 5.97 Å². The first-order chi connectivity index (χ1) is 10.7. The van der Waals surface area contributed by atoms with E-state index in [1.54, 1.807) is 0 Å². The smallest absolute Gasteiger partial charge is 0.341 e. The van der Waals surface area contributed by atoms with Crippen molar-refractivity contribution in [3.8, 4) is 11.3 Å². The molecule has 1 aliphatic carbocycles. The van der Waals surface area contributed by atoms with Gasteiger partial charge in [0.25, 0.3) is 0 Å². The standard InChI is InChI=1S/C18H22N2O2/c1-3-22-18(21)16-12-20(15-6-4-5-7-15)19-17(16)14-10-8-13(2)9-11-14/h8-12,15H,3-7H2,1-2H3. The molecule has 0 spiro atoms. The first kappa shape index (κ1) is 14.8. The van der Waals surface area contributed by atoms with E-state index in [0.29, 0.717) is 18.2 Å². The molecule has 0 N–H and O–H groups in total. The predicted octanol–water partition coefficient (Wildman–Crippen LogP) is 4.15. The summed E-state index contributed by atoms with van der Waals surface area (Å²) in [5, 5.41) is 4.71. The summed E-state index contributed by atoms with van der Waals surface area (Å²) >= 11 is 0. The van der Waals surface area contributed by atoms with Gasteiger partial charge in [-0.3, -0.25) is 4.68 Å². The number of carbonyl (C=O) groups excluding carboxylic acids is 1. The number of aryl methyl sites for hydroxylation is 1. The van der Waals surface area contributed by atoms with Crippen LogP contribution in [0, 0.1) is 6.92 Å². The van der Waals surface area contributed by atoms with Gasteiger partial charge in [-0.2, -0.15) is 5.10 Å². The van der Waals surface area contributed by atoms with Crippen LogP contribution in [0.2, 0.25) is 0 Å². The molecule has 0 unspecified atom stereocenters. The first-order valence-corrected chi connectivity index (χ1v) is 8.02. The van der Waals surface area contributed by atoms with E-state index in [4.69, 9.17) is 9.84 Å². The van der Waals surface area contributed by atoms with E-state index in [9.17, 15) is 4.79 Å². The van der Waals surface area contributed by atoms with E-state index < -0.39 is 0 Å². The lowest BCUT2D eigenvalue weighted by Crippen LogP contribution is -2.06. The van der Waals surface area contributed by atoms with Gasteiger partial charge in [0.1, 0.15) is 11.3 Å². The molecule has 0 saturated heterocycles. The van der Waals surface area contributed by atoms with E-state index in [1.807, 2.05) is 49.0 Å². The summed E-state index contributed by atoms with van der Waals surface area (Å²) in [6.45, 7) is 4.25. The SMILES string of the molecule is CCOC(=O)c1cn(C2CCCC2)nc1-c1ccc(C)cc1. The second-order valence-corrected chi connectivity index (χ2v) is 5.90. The Morgan fingerprint density at radius 2 is 1.95 bits per heavy atom. The van der Waals surface area contributed by atoms with Crippen molar-refractivity contribution < 1.29 is 9.53 Å². The Hall–Kier alpha value is -2.10. The molecular weight excluding hydrogens is 276 g/mol. The molecule has 0 amide bonds. The molecule has 0 atom stereocenters. The van der Waals surface area contributed by atoms with E-state index >= 15 is 0 Å². The number of rotatable bonds is 4. The summed E-state index contributed by atoms with van der Waals surface area (Å²) in [6.07, 6.45) is 6.61. The van der Waals surface area contributed by atoms with Gasteiger partial charge in [-0.05, 0) is 26.7 Å². The van der Waals surface area contributed by atoms with Crippen LogP contribution in [0.5, 0.6) is 0 Å². The number of hydrogen-bond donors (Lipinski definition) is 0. The second-order valence-electron chi connectivity index (χ2n) is 5.90. The van der Waals surface area contributed by atoms with Gasteiger partial charge in [-0.1, -0.05) is 42.7 Å². The Labute approximate surface area is 131 Å². The lowest BCUT2D eigenvalue weighted by atomic mass is 10.1. The van der Waals surface area contributed by atoms with Crippen molar-refractivity contribution in [2.75, 3.05) is 6.61 Å². The van der Waals surface area contributed by atoms with Crippen LogP contribution in [0.15, 0.2) is 30.5 Å². The van der Waals surface area contributed by atoms with Crippen molar-refractivity contribution in [2.24, 2.45) is 0 Å². The molecule has 2 aromatic rings. The van der Waals surface area contributed by atoms with Crippen LogP contribution in [-0.2, 0) is 4.74 Å². The minimum absolute atomic E-state index is 0.290. The Bertz CT molecular complexity index is 652. The third-order valence-corrected chi connectivity index (χ3v) is 4.25. The first-order valence-electron chi connectivity index (χ1n) is 8.02. The van der Waals surface area contributed by atoms with Crippen molar-refractivity contribution in [2.45, 2.75) is 45.6 Å². The topological polar surface area (TPSA) is 44.1 Å². The molecule has 116 valence electrons. The molecule has 1 fully saturated rings. The Kier molecular flexibility index (Phi) is 4.27. The van der Waals surface area contributed by atoms with E-state index in [1.165, 1.54) is 18.4 Å². The largest absolute Gasteiger partial charge is 0.462 e. The third-order valence-electron chi connectivity index (χ3n) is 4.25. The molecule has 1 saturated carbocycles. The van der Waals surface area contributed by atoms with Crippen molar-refractivity contribution in [3.63, 3.8) is 0 Å². The number of carbonyl (C=O) groups is 1. The van der Waals surface area contributed by atoms with Crippen LogP contribution in [-0.4, -0.2) is 22.4 Å². The van der Waals surface area contributed by atoms with Gasteiger partial charge < -0.3 is 4.74 Å². The Morgan fingerprint density at radius 1 is 1.27 bits per heavy atom. The van der Waals surface area contributed by atoms with Crippen molar-refractivity contribution in [1.82, 2.24) is 9.78 Å². The Balaban J connectivity index is 2.01. The highest BCUT2D eigenvalue weighted by atomic mass is 16.5. The molecule has 3 rings (SSSR count). The number of ether oxygens (including phenoxy) is 1. The summed E-state index contributed by atoms with van der Waals surface area (Å²) in [7, 11) is 0. The maximum absolute atomic E-state index is 12.3. The summed E-state index contributed by atoms with van der Waals surface area (Å²) in [6, 6.07) is 8.52. The van der Waals surface area contributed by atoms with Crippen molar-refractivity contribution in [1.29, 1.82) is 0 Å².